The molecule has 55 heavy (non-hydrogen) atoms. The first-order chi connectivity index (χ1) is 27.0. The van der Waals surface area contributed by atoms with Gasteiger partial charge in [-0.1, -0.05) is 166 Å². The Morgan fingerprint density at radius 2 is 0.945 bits per heavy atom. The lowest BCUT2D eigenvalue weighted by atomic mass is 9.61. The van der Waals surface area contributed by atoms with Crippen molar-refractivity contribution in [2.45, 2.75) is 24.7 Å². The second-order valence-corrected chi connectivity index (χ2v) is 15.2. The van der Waals surface area contributed by atoms with E-state index in [1.807, 2.05) is 36.4 Å². The van der Waals surface area contributed by atoms with Crippen molar-refractivity contribution in [3.05, 3.63) is 208 Å². The minimum absolute atomic E-state index is 0.173. The van der Waals surface area contributed by atoms with E-state index in [0.29, 0.717) is 17.5 Å². The van der Waals surface area contributed by atoms with Crippen LogP contribution in [0.4, 0.5) is 0 Å². The summed E-state index contributed by atoms with van der Waals surface area (Å²) >= 11 is 0. The van der Waals surface area contributed by atoms with Crippen molar-refractivity contribution in [2.75, 3.05) is 0 Å². The lowest BCUT2D eigenvalue weighted by Gasteiger charge is -2.43. The molecule has 2 heterocycles. The number of nitrogens with zero attached hydrogens (tertiary/aromatic N) is 3. The zero-order valence-corrected chi connectivity index (χ0v) is 30.5. The standard InChI is InChI=1S/C51H35N3O/c1-50(2)40-22-12-10-20-37(40)38-30-44-46(31-43(38)50)55-45-24-14-13-23-41(45)51(44)39-21-11-9-15-32(39)25-26-33-27-28-36(29-42(33)51)49-53-47(34-16-5-3-6-17-34)52-48(54-49)35-18-7-4-8-19-35/h3-31H,1-2H3. The maximum absolute atomic E-state index is 6.98. The molecule has 0 saturated carbocycles. The number of hydrogen-bond acceptors (Lipinski definition) is 4. The van der Waals surface area contributed by atoms with Crippen molar-refractivity contribution in [2.24, 2.45) is 0 Å². The Morgan fingerprint density at radius 3 is 1.65 bits per heavy atom. The highest BCUT2D eigenvalue weighted by molar-refractivity contribution is 5.88. The van der Waals surface area contributed by atoms with E-state index in [0.717, 1.165) is 50.4 Å². The molecule has 4 nitrogen and oxygen atoms in total. The maximum Gasteiger partial charge on any atom is 0.164 e. The second kappa shape index (κ2) is 11.8. The van der Waals surface area contributed by atoms with Crippen LogP contribution in [0.25, 0.3) is 57.4 Å². The fourth-order valence-corrected chi connectivity index (χ4v) is 9.23. The predicted molar refractivity (Wildman–Crippen MR) is 221 cm³/mol. The summed E-state index contributed by atoms with van der Waals surface area (Å²) < 4.78 is 6.98. The molecule has 0 saturated heterocycles. The van der Waals surface area contributed by atoms with Gasteiger partial charge in [-0.25, -0.2) is 15.0 Å². The molecule has 4 heteroatoms. The molecule has 1 aliphatic heterocycles. The van der Waals surface area contributed by atoms with Crippen LogP contribution in [-0.4, -0.2) is 15.0 Å². The van der Waals surface area contributed by atoms with Gasteiger partial charge in [0.25, 0.3) is 0 Å². The number of ether oxygens (including phenoxy) is 1. The molecule has 1 atom stereocenters. The van der Waals surface area contributed by atoms with Gasteiger partial charge < -0.3 is 4.74 Å². The summed E-state index contributed by atoms with van der Waals surface area (Å²) in [5.74, 6) is 3.63. The number of rotatable bonds is 3. The highest BCUT2D eigenvalue weighted by Crippen LogP contribution is 2.61. The minimum Gasteiger partial charge on any atom is -0.457 e. The highest BCUT2D eigenvalue weighted by atomic mass is 16.5. The Hall–Kier alpha value is -6.91. The van der Waals surface area contributed by atoms with Crippen LogP contribution in [0.15, 0.2) is 164 Å². The average molecular weight is 706 g/mol. The van der Waals surface area contributed by atoms with Crippen molar-refractivity contribution < 1.29 is 4.74 Å². The molecule has 260 valence electrons. The average Bonchev–Trinajstić information content (AvgIpc) is 3.36. The van der Waals surface area contributed by atoms with Gasteiger partial charge in [-0.15, -0.1) is 0 Å². The van der Waals surface area contributed by atoms with Crippen LogP contribution >= 0.6 is 0 Å². The van der Waals surface area contributed by atoms with Gasteiger partial charge in [0.05, 0.1) is 5.41 Å². The Labute approximate surface area is 320 Å². The number of aromatic nitrogens is 3. The molecule has 0 amide bonds. The van der Waals surface area contributed by atoms with Crippen molar-refractivity contribution in [3.63, 3.8) is 0 Å². The fraction of sp³-hybridized carbons (Fsp3) is 0.0784. The Kier molecular flexibility index (Phi) is 6.78. The minimum atomic E-state index is -0.732. The third-order valence-corrected chi connectivity index (χ3v) is 11.8. The third-order valence-electron chi connectivity index (χ3n) is 11.8. The lowest BCUT2D eigenvalue weighted by molar-refractivity contribution is 0.433. The normalized spacial score (nSPS) is 16.5. The van der Waals surface area contributed by atoms with E-state index in [-0.39, 0.29) is 5.41 Å². The lowest BCUT2D eigenvalue weighted by Crippen LogP contribution is -2.35. The summed E-state index contributed by atoms with van der Waals surface area (Å²) in [5, 5.41) is 0. The summed E-state index contributed by atoms with van der Waals surface area (Å²) in [4.78, 5) is 15.3. The molecule has 1 unspecified atom stereocenters. The molecule has 1 aromatic heterocycles. The molecule has 1 spiro atoms. The van der Waals surface area contributed by atoms with E-state index in [4.69, 9.17) is 19.7 Å². The first-order valence-electron chi connectivity index (χ1n) is 18.9. The monoisotopic (exact) mass is 705 g/mol. The van der Waals surface area contributed by atoms with E-state index in [1.54, 1.807) is 0 Å². The van der Waals surface area contributed by atoms with E-state index in [2.05, 4.69) is 153 Å². The molecule has 2 aliphatic carbocycles. The smallest absolute Gasteiger partial charge is 0.164 e. The van der Waals surface area contributed by atoms with Crippen LogP contribution in [0.3, 0.4) is 0 Å². The summed E-state index contributed by atoms with van der Waals surface area (Å²) in [6.45, 7) is 4.65. The molecule has 0 N–H and O–H groups in total. The number of benzene rings is 7. The summed E-state index contributed by atoms with van der Waals surface area (Å²) in [5.41, 5.74) is 13.9. The number of hydrogen-bond donors (Lipinski definition) is 0. The van der Waals surface area contributed by atoms with Gasteiger partial charge >= 0.3 is 0 Å². The van der Waals surface area contributed by atoms with Crippen LogP contribution in [0, 0.1) is 0 Å². The van der Waals surface area contributed by atoms with Gasteiger partial charge in [-0.3, -0.25) is 0 Å². The Bertz CT molecular complexity index is 2820. The third kappa shape index (κ3) is 4.61. The molecule has 7 aromatic carbocycles. The SMILES string of the molecule is CC1(C)c2ccccc2-c2cc3c(cc21)Oc1ccccc1C31c2ccccc2C=Cc2ccc(-c3nc(-c4ccccc4)nc(-c4ccccc4)n3)cc21. The van der Waals surface area contributed by atoms with Crippen molar-refractivity contribution in [1.29, 1.82) is 0 Å². The van der Waals surface area contributed by atoms with Crippen molar-refractivity contribution >= 4 is 12.2 Å². The van der Waals surface area contributed by atoms with Gasteiger partial charge in [0.1, 0.15) is 11.5 Å². The van der Waals surface area contributed by atoms with E-state index < -0.39 is 5.41 Å². The molecule has 3 aliphatic rings. The van der Waals surface area contributed by atoms with Crippen LogP contribution in [-0.2, 0) is 10.8 Å². The van der Waals surface area contributed by atoms with Gasteiger partial charge in [-0.2, -0.15) is 0 Å². The molecule has 0 fully saturated rings. The molecule has 0 radical (unpaired) electrons. The molecule has 11 rings (SSSR count). The molecule has 8 aromatic rings. The first kappa shape index (κ1) is 31.6. The summed E-state index contributed by atoms with van der Waals surface area (Å²) in [6, 6.07) is 58.0. The van der Waals surface area contributed by atoms with Gasteiger partial charge in [0.2, 0.25) is 0 Å². The summed E-state index contributed by atoms with van der Waals surface area (Å²) in [7, 11) is 0. The Balaban J connectivity index is 1.23. The zero-order valence-electron chi connectivity index (χ0n) is 30.5. The number of fused-ring (bicyclic) bond motifs is 11. The molecular formula is C51H35N3O. The van der Waals surface area contributed by atoms with Crippen LogP contribution in [0.1, 0.15) is 58.4 Å². The summed E-state index contributed by atoms with van der Waals surface area (Å²) in [6.07, 6.45) is 4.52. The first-order valence-corrected chi connectivity index (χ1v) is 18.9. The quantitative estimate of drug-likeness (QED) is 0.184. The van der Waals surface area contributed by atoms with E-state index in [1.165, 1.54) is 33.4 Å². The molecular weight excluding hydrogens is 671 g/mol. The Morgan fingerprint density at radius 1 is 0.382 bits per heavy atom. The van der Waals surface area contributed by atoms with Gasteiger partial charge in [0, 0.05) is 33.2 Å². The van der Waals surface area contributed by atoms with E-state index >= 15 is 0 Å². The zero-order chi connectivity index (χ0) is 36.7. The maximum atomic E-state index is 6.98. The van der Waals surface area contributed by atoms with Crippen molar-refractivity contribution in [1.82, 2.24) is 15.0 Å². The molecule has 0 bridgehead atoms. The largest absolute Gasteiger partial charge is 0.457 e. The van der Waals surface area contributed by atoms with E-state index in [9.17, 15) is 0 Å². The van der Waals surface area contributed by atoms with Crippen LogP contribution < -0.4 is 4.74 Å². The van der Waals surface area contributed by atoms with Gasteiger partial charge in [-0.05, 0) is 68.8 Å². The van der Waals surface area contributed by atoms with Gasteiger partial charge in [0.15, 0.2) is 17.5 Å². The number of para-hydroxylation sites is 1. The van der Waals surface area contributed by atoms with Crippen LogP contribution in [0.2, 0.25) is 0 Å². The topological polar surface area (TPSA) is 47.9 Å². The predicted octanol–water partition coefficient (Wildman–Crippen LogP) is 12.2. The van der Waals surface area contributed by atoms with Crippen molar-refractivity contribution in [3.8, 4) is 56.8 Å². The van der Waals surface area contributed by atoms with Crippen LogP contribution in [0.5, 0.6) is 11.5 Å². The fourth-order valence-electron chi connectivity index (χ4n) is 9.23. The highest BCUT2D eigenvalue weighted by Gasteiger charge is 2.49. The second-order valence-electron chi connectivity index (χ2n) is 15.2.